The first-order chi connectivity index (χ1) is 58.2. The van der Waals surface area contributed by atoms with E-state index in [9.17, 15) is 71.5 Å². The van der Waals surface area contributed by atoms with E-state index in [-0.39, 0.29) is 45.5 Å². The Morgan fingerprint density at radius 3 is 0.699 bits per heavy atom. The van der Waals surface area contributed by atoms with Crippen molar-refractivity contribution in [2.24, 2.45) is 116 Å². The van der Waals surface area contributed by atoms with Crippen LogP contribution in [0.2, 0.25) is 0 Å². The van der Waals surface area contributed by atoms with Crippen molar-refractivity contribution < 1.29 is 109 Å². The average Bonchev–Trinajstić information content (AvgIpc) is 0.734. The summed E-state index contributed by atoms with van der Waals surface area (Å²) in [4.78, 5) is 57.6. The molecule has 22 rings (SSSR count). The summed E-state index contributed by atoms with van der Waals surface area (Å²) in [5, 5.41) is -13.9. The molecule has 0 spiro atoms. The maximum absolute atomic E-state index is 12.8. The fourth-order valence-corrected chi connectivity index (χ4v) is 31.8. The van der Waals surface area contributed by atoms with Crippen molar-refractivity contribution in [2.75, 3.05) is 0 Å². The third-order valence-electron chi connectivity index (χ3n) is 31.1. The molecule has 123 heavy (non-hydrogen) atoms. The van der Waals surface area contributed by atoms with Crippen molar-refractivity contribution in [1.29, 1.82) is 0 Å². The number of hydrogen-bond donors (Lipinski definition) is 0. The summed E-state index contributed by atoms with van der Waals surface area (Å²) >= 11 is 0. The van der Waals surface area contributed by atoms with Crippen LogP contribution in [0.15, 0.2) is 187 Å². The minimum absolute atomic E-state index is 0.203. The third kappa shape index (κ3) is 16.5. The van der Waals surface area contributed by atoms with Gasteiger partial charge in [-0.15, -0.1) is 0 Å². The molecule has 0 saturated heterocycles. The van der Waals surface area contributed by atoms with E-state index >= 15 is 0 Å². The monoisotopic (exact) mass is 1780 g/mol. The lowest BCUT2D eigenvalue weighted by molar-refractivity contribution is -0.247. The Labute approximate surface area is 722 Å². The molecule has 0 aromatic heterocycles. The van der Waals surface area contributed by atoms with E-state index in [0.717, 1.165) is 104 Å². The van der Waals surface area contributed by atoms with E-state index < -0.39 is 83.6 Å². The summed E-state index contributed by atoms with van der Waals surface area (Å²) in [6, 6.07) is 54.3. The molecule has 6 aromatic carbocycles. The molecule has 0 N–H and O–H groups in total. The van der Waals surface area contributed by atoms with E-state index in [0.29, 0.717) is 94.7 Å². The summed E-state index contributed by atoms with van der Waals surface area (Å²) in [5.74, 6) is 4.18. The van der Waals surface area contributed by atoms with Crippen molar-refractivity contribution in [3.05, 3.63) is 158 Å². The first-order valence-electron chi connectivity index (χ1n) is 43.6. The lowest BCUT2D eigenvalue weighted by Crippen LogP contribution is -2.60. The van der Waals surface area contributed by atoms with Crippen LogP contribution < -0.4 is 18.9 Å². The molecule has 16 bridgehead atoms. The van der Waals surface area contributed by atoms with Crippen LogP contribution in [0.5, 0.6) is 23.0 Å². The SMILES string of the molecule is CC(=O)OC(Oc1ccccc1[S+](c1ccccc1)c1ccccc1OC(OC(C)=O)C12CC3CC(CC(C3)C1C)C2)C12CC3CC(CC(C3)C1C)C2.CC(=O)OC(Oc1ccccc1[S+](c1ccccc1)c1ccccc1OC(OC(C)=O)C12CC3CC(CC(C3)C1C)C2)C12CC3CC(CC(C3)C1C)C2.O=S(=O)([O-])C(F)(F)C(F)(F)C(F)(F)S(=O)(=O)[O-]. The molecular formula is C95H110F6O18S4. The second kappa shape index (κ2) is 33.9. The number of rotatable bonds is 26. The Balaban J connectivity index is 0.000000154. The Kier molecular flexibility index (Phi) is 24.5. The van der Waals surface area contributed by atoms with Gasteiger partial charge in [-0.05, 0) is 296 Å². The van der Waals surface area contributed by atoms with E-state index in [4.69, 9.17) is 37.9 Å². The van der Waals surface area contributed by atoms with Crippen molar-refractivity contribution in [1.82, 2.24) is 0 Å². The van der Waals surface area contributed by atoms with Crippen LogP contribution in [0.25, 0.3) is 0 Å². The number of para-hydroxylation sites is 4. The van der Waals surface area contributed by atoms with Gasteiger partial charge in [-0.3, -0.25) is 19.2 Å². The molecule has 16 fully saturated rings. The van der Waals surface area contributed by atoms with Gasteiger partial charge >= 0.3 is 40.3 Å². The van der Waals surface area contributed by atoms with Crippen LogP contribution in [0.3, 0.4) is 0 Å². The average molecular weight is 1780 g/mol. The summed E-state index contributed by atoms with van der Waals surface area (Å²) in [6.07, 6.45) is 21.1. The van der Waals surface area contributed by atoms with Crippen molar-refractivity contribution in [2.45, 2.75) is 255 Å². The van der Waals surface area contributed by atoms with Gasteiger partial charge in [0, 0.05) is 49.4 Å². The molecule has 664 valence electrons. The fraction of sp³-hybridized carbons (Fsp3) is 0.579. The molecule has 16 atom stereocenters. The molecule has 0 radical (unpaired) electrons. The quantitative estimate of drug-likeness (QED) is 0.0122. The second-order valence-electron chi connectivity index (χ2n) is 38.3. The number of carbonyl (C=O) groups excluding carboxylic acids is 4. The molecule has 0 heterocycles. The standard InChI is InChI=1S/2C46H55O6S.C3H2F6O6S2/c2*1-28-36-20-32-18-33(21-36)25-45(28,24-32)43(49-30(3)47)51-39-14-8-10-16-41(39)53(38-12-6-5-7-13-38)42-17-11-9-15-40(42)52-44(50-31(4)48)46-26-34-19-35(27-46)23-37(22-34)29(46)2;4-1(5,2(6,7)16(10,11)12)3(8,9)17(13,14)15/h2*5-17,28-29,32-37,43-44H,18-27H2,1-4H3;(H,10,11,12)(H,13,14,15)/q2*+1;/p-2. The van der Waals surface area contributed by atoms with E-state index in [2.05, 4.69) is 125 Å². The second-order valence-corrected chi connectivity index (χ2v) is 45.1. The molecule has 0 amide bonds. The number of hydrogen-bond acceptors (Lipinski definition) is 18. The summed E-state index contributed by atoms with van der Waals surface area (Å²) in [5.41, 5.74) is -0.811. The molecule has 16 aliphatic carbocycles. The lowest BCUT2D eigenvalue weighted by atomic mass is 9.45. The van der Waals surface area contributed by atoms with Gasteiger partial charge in [-0.25, -0.2) is 16.8 Å². The van der Waals surface area contributed by atoms with Crippen LogP contribution in [0.4, 0.5) is 26.3 Å². The Hall–Kier alpha value is -7.50. The molecule has 18 nitrogen and oxygen atoms in total. The molecule has 28 heteroatoms. The number of ether oxygens (including phenoxy) is 8. The van der Waals surface area contributed by atoms with Crippen molar-refractivity contribution in [3.63, 3.8) is 0 Å². The molecule has 16 aliphatic rings. The van der Waals surface area contributed by atoms with Crippen molar-refractivity contribution in [3.8, 4) is 23.0 Å². The minimum atomic E-state index is -7.32. The highest BCUT2D eigenvalue weighted by Gasteiger charge is 2.78. The van der Waals surface area contributed by atoms with E-state index in [1.165, 1.54) is 105 Å². The normalized spacial score (nSPS) is 33.6. The summed E-state index contributed by atoms with van der Waals surface area (Å²) < 4.78 is 185. The van der Waals surface area contributed by atoms with Gasteiger partial charge < -0.3 is 47.0 Å². The van der Waals surface area contributed by atoms with Crippen LogP contribution in [0.1, 0.15) is 184 Å². The number of esters is 4. The number of halogens is 6. The van der Waals surface area contributed by atoms with Crippen LogP contribution in [-0.2, 0) is 80.2 Å². The number of benzene rings is 6. The molecule has 0 aliphatic heterocycles. The number of carbonyl (C=O) groups is 4. The minimum Gasteiger partial charge on any atom is -0.743 e. The zero-order valence-electron chi connectivity index (χ0n) is 70.4. The van der Waals surface area contributed by atoms with Crippen LogP contribution in [0, 0.1) is 116 Å². The van der Waals surface area contributed by atoms with Crippen molar-refractivity contribution >= 4 is 65.9 Å². The van der Waals surface area contributed by atoms with Gasteiger partial charge in [0.1, 0.15) is 21.8 Å². The first kappa shape index (κ1) is 88.9. The largest absolute Gasteiger partial charge is 0.743 e. The highest BCUT2D eigenvalue weighted by molar-refractivity contribution is 7.97. The smallest absolute Gasteiger partial charge is 0.403 e. The molecule has 6 aromatic rings. The van der Waals surface area contributed by atoms with E-state index in [1.807, 2.05) is 60.7 Å². The predicted octanol–water partition coefficient (Wildman–Crippen LogP) is 20.4. The van der Waals surface area contributed by atoms with Gasteiger partial charge in [0.2, 0.25) is 44.7 Å². The van der Waals surface area contributed by atoms with E-state index in [1.54, 1.807) is 0 Å². The highest BCUT2D eigenvalue weighted by atomic mass is 32.2. The zero-order chi connectivity index (χ0) is 87.5. The predicted molar refractivity (Wildman–Crippen MR) is 443 cm³/mol. The van der Waals surface area contributed by atoms with Gasteiger partial charge in [0.05, 0.1) is 0 Å². The van der Waals surface area contributed by atoms with Gasteiger partial charge in [0.15, 0.2) is 53.0 Å². The number of alkyl halides is 6. The van der Waals surface area contributed by atoms with Crippen LogP contribution >= 0.6 is 0 Å². The molecular weight excluding hydrogens is 1670 g/mol. The highest BCUT2D eigenvalue weighted by Crippen LogP contribution is 2.70. The van der Waals surface area contributed by atoms with Gasteiger partial charge in [-0.2, -0.15) is 26.3 Å². The third-order valence-corrected chi connectivity index (χ3v) is 37.4. The van der Waals surface area contributed by atoms with Gasteiger partial charge in [0.25, 0.3) is 0 Å². The summed E-state index contributed by atoms with van der Waals surface area (Å²) in [7, 11) is -16.0. The van der Waals surface area contributed by atoms with Crippen LogP contribution in [-0.4, -0.2) is 91.4 Å². The molecule has 16 unspecified atom stereocenters. The summed E-state index contributed by atoms with van der Waals surface area (Å²) in [6.45, 7) is 15.6. The Bertz CT molecular complexity index is 4540. The molecule has 16 saturated carbocycles. The fourth-order valence-electron chi connectivity index (χ4n) is 26.4. The Morgan fingerprint density at radius 2 is 0.512 bits per heavy atom. The maximum Gasteiger partial charge on any atom is 0.403 e. The maximum atomic E-state index is 12.8. The lowest BCUT2D eigenvalue weighted by Gasteiger charge is -2.61. The Morgan fingerprint density at radius 1 is 0.325 bits per heavy atom. The first-order valence-corrected chi connectivity index (χ1v) is 48.8. The topological polar surface area (TPSA) is 257 Å². The van der Waals surface area contributed by atoms with Gasteiger partial charge in [-0.1, -0.05) is 113 Å². The zero-order valence-corrected chi connectivity index (χ0v) is 73.7.